The number of aliphatic hydroxyl groups is 1. The molecule has 0 aliphatic carbocycles. The standard InChI is InChI=1S/C21H27ClN2O3/c1-12-15(7-9-17(24-4)19(12)23)18(21(2,3)20(26)27-5)13-6-8-16(22)14(10-13)11-25/h6-10,18,24-25H,11,23H2,1-5H3. The molecule has 2 rings (SSSR count). The van der Waals surface area contributed by atoms with Crippen LogP contribution in [0.15, 0.2) is 30.3 Å². The van der Waals surface area contributed by atoms with Gasteiger partial charge in [-0.2, -0.15) is 0 Å². The third kappa shape index (κ3) is 3.89. The summed E-state index contributed by atoms with van der Waals surface area (Å²) in [7, 11) is 3.20. The minimum atomic E-state index is -0.867. The van der Waals surface area contributed by atoms with Gasteiger partial charge in [-0.25, -0.2) is 0 Å². The van der Waals surface area contributed by atoms with Crippen molar-refractivity contribution in [2.75, 3.05) is 25.2 Å². The summed E-state index contributed by atoms with van der Waals surface area (Å²) < 4.78 is 5.08. The molecule has 2 aromatic carbocycles. The maximum atomic E-state index is 12.6. The van der Waals surface area contributed by atoms with E-state index in [4.69, 9.17) is 22.1 Å². The molecule has 1 atom stereocenters. The Morgan fingerprint density at radius 3 is 2.56 bits per heavy atom. The van der Waals surface area contributed by atoms with Crippen LogP contribution >= 0.6 is 11.6 Å². The van der Waals surface area contributed by atoms with E-state index in [1.54, 1.807) is 6.07 Å². The number of methoxy groups -OCH3 is 1. The Hall–Kier alpha value is -2.24. The number of nitrogens with one attached hydrogen (secondary N) is 1. The number of nitrogens with two attached hydrogens (primary N) is 1. The van der Waals surface area contributed by atoms with E-state index in [2.05, 4.69) is 5.32 Å². The molecule has 27 heavy (non-hydrogen) atoms. The lowest BCUT2D eigenvalue weighted by Crippen LogP contribution is -2.34. The second kappa shape index (κ2) is 8.19. The van der Waals surface area contributed by atoms with E-state index < -0.39 is 5.41 Å². The predicted molar refractivity (Wildman–Crippen MR) is 110 cm³/mol. The Balaban J connectivity index is 2.76. The molecule has 0 aromatic heterocycles. The van der Waals surface area contributed by atoms with Crippen LogP contribution in [0.25, 0.3) is 0 Å². The fourth-order valence-corrected chi connectivity index (χ4v) is 3.71. The molecule has 0 fully saturated rings. The molecule has 1 unspecified atom stereocenters. The fourth-order valence-electron chi connectivity index (χ4n) is 3.54. The number of hydrogen-bond acceptors (Lipinski definition) is 5. The molecule has 6 heteroatoms. The first-order valence-corrected chi connectivity index (χ1v) is 9.11. The SMILES string of the molecule is CNc1ccc(C(c2ccc(Cl)c(CO)c2)C(C)(C)C(=O)OC)c(C)c1N. The number of rotatable bonds is 6. The Bertz CT molecular complexity index is 850. The normalized spacial score (nSPS) is 12.6. The summed E-state index contributed by atoms with van der Waals surface area (Å²) >= 11 is 6.17. The molecule has 0 spiro atoms. The number of benzene rings is 2. The number of aliphatic hydroxyl groups excluding tert-OH is 1. The first-order valence-electron chi connectivity index (χ1n) is 8.73. The van der Waals surface area contributed by atoms with Crippen LogP contribution in [0.1, 0.15) is 42.0 Å². The Kier molecular flexibility index (Phi) is 6.39. The first-order chi connectivity index (χ1) is 12.7. The Morgan fingerprint density at radius 1 is 1.33 bits per heavy atom. The van der Waals surface area contributed by atoms with Crippen LogP contribution in [-0.4, -0.2) is 25.2 Å². The zero-order valence-electron chi connectivity index (χ0n) is 16.4. The summed E-state index contributed by atoms with van der Waals surface area (Å²) in [5.74, 6) is -0.663. The maximum absolute atomic E-state index is 12.6. The third-order valence-electron chi connectivity index (χ3n) is 5.14. The summed E-state index contributed by atoms with van der Waals surface area (Å²) in [6.45, 7) is 5.45. The summed E-state index contributed by atoms with van der Waals surface area (Å²) in [4.78, 5) is 12.6. The van der Waals surface area contributed by atoms with E-state index in [9.17, 15) is 9.90 Å². The van der Waals surface area contributed by atoms with Gasteiger partial charge in [-0.15, -0.1) is 0 Å². The molecule has 0 radical (unpaired) electrons. The molecule has 146 valence electrons. The molecule has 0 bridgehead atoms. The summed E-state index contributed by atoms with van der Waals surface area (Å²) in [6.07, 6.45) is 0. The summed E-state index contributed by atoms with van der Waals surface area (Å²) in [6, 6.07) is 9.32. The van der Waals surface area contributed by atoms with Gasteiger partial charge in [0.25, 0.3) is 0 Å². The topological polar surface area (TPSA) is 84.6 Å². The zero-order valence-corrected chi connectivity index (χ0v) is 17.1. The second-order valence-corrected chi connectivity index (χ2v) is 7.55. The Labute approximate surface area is 165 Å². The highest BCUT2D eigenvalue weighted by Crippen LogP contribution is 2.45. The number of esters is 1. The van der Waals surface area contributed by atoms with Crippen molar-refractivity contribution < 1.29 is 14.6 Å². The molecule has 2 aromatic rings. The monoisotopic (exact) mass is 390 g/mol. The van der Waals surface area contributed by atoms with Gasteiger partial charge in [-0.3, -0.25) is 4.79 Å². The molecule has 4 N–H and O–H groups in total. The molecule has 0 heterocycles. The molecule has 0 aliphatic heterocycles. The first kappa shape index (κ1) is 21.1. The van der Waals surface area contributed by atoms with Gasteiger partial charge in [-0.05, 0) is 55.2 Å². The third-order valence-corrected chi connectivity index (χ3v) is 5.51. The number of ether oxygens (including phenoxy) is 1. The van der Waals surface area contributed by atoms with E-state index in [1.807, 2.05) is 52.1 Å². The average Bonchev–Trinajstić information content (AvgIpc) is 2.65. The lowest BCUT2D eigenvalue weighted by Gasteiger charge is -2.34. The fraction of sp³-hybridized carbons (Fsp3) is 0.381. The van der Waals surface area contributed by atoms with Gasteiger partial charge >= 0.3 is 5.97 Å². The summed E-state index contributed by atoms with van der Waals surface area (Å²) in [5, 5.41) is 13.2. The molecule has 0 saturated carbocycles. The number of carbonyl (C=O) groups excluding carboxylic acids is 1. The molecule has 5 nitrogen and oxygen atoms in total. The number of anilines is 2. The van der Waals surface area contributed by atoms with Crippen molar-refractivity contribution in [2.24, 2.45) is 5.41 Å². The number of carbonyl (C=O) groups is 1. The number of nitrogen functional groups attached to an aromatic ring is 1. The number of halogens is 1. The van der Waals surface area contributed by atoms with Crippen molar-refractivity contribution in [3.8, 4) is 0 Å². The number of hydrogen-bond donors (Lipinski definition) is 3. The van der Waals surface area contributed by atoms with Gasteiger partial charge in [0.2, 0.25) is 0 Å². The highest BCUT2D eigenvalue weighted by atomic mass is 35.5. The quantitative estimate of drug-likeness (QED) is 0.511. The highest BCUT2D eigenvalue weighted by molar-refractivity contribution is 6.31. The van der Waals surface area contributed by atoms with E-state index >= 15 is 0 Å². The average molecular weight is 391 g/mol. The Morgan fingerprint density at radius 2 is 2.00 bits per heavy atom. The molecular formula is C21H27ClN2O3. The van der Waals surface area contributed by atoms with Crippen molar-refractivity contribution >= 4 is 28.9 Å². The minimum Gasteiger partial charge on any atom is -0.469 e. The smallest absolute Gasteiger partial charge is 0.312 e. The van der Waals surface area contributed by atoms with Gasteiger partial charge in [-0.1, -0.05) is 29.8 Å². The van der Waals surface area contributed by atoms with Gasteiger partial charge in [0, 0.05) is 18.0 Å². The van der Waals surface area contributed by atoms with Crippen molar-refractivity contribution in [1.82, 2.24) is 0 Å². The van der Waals surface area contributed by atoms with Crippen LogP contribution < -0.4 is 11.1 Å². The van der Waals surface area contributed by atoms with E-state index in [0.717, 1.165) is 22.4 Å². The van der Waals surface area contributed by atoms with Crippen molar-refractivity contribution in [1.29, 1.82) is 0 Å². The minimum absolute atomic E-state index is 0.183. The van der Waals surface area contributed by atoms with Crippen LogP contribution in [0, 0.1) is 12.3 Å². The van der Waals surface area contributed by atoms with Crippen LogP contribution in [0.2, 0.25) is 5.02 Å². The van der Waals surface area contributed by atoms with E-state index in [0.29, 0.717) is 16.3 Å². The van der Waals surface area contributed by atoms with E-state index in [-0.39, 0.29) is 18.5 Å². The van der Waals surface area contributed by atoms with Crippen molar-refractivity contribution in [2.45, 2.75) is 33.3 Å². The zero-order chi connectivity index (χ0) is 20.4. The van der Waals surface area contributed by atoms with Crippen LogP contribution in [-0.2, 0) is 16.1 Å². The van der Waals surface area contributed by atoms with Gasteiger partial charge in [0.1, 0.15) is 0 Å². The van der Waals surface area contributed by atoms with Crippen LogP contribution in [0.3, 0.4) is 0 Å². The predicted octanol–water partition coefficient (Wildman–Crippen LogP) is 4.10. The lowest BCUT2D eigenvalue weighted by atomic mass is 9.69. The molecule has 0 saturated heterocycles. The van der Waals surface area contributed by atoms with Crippen molar-refractivity contribution in [3.05, 3.63) is 57.6 Å². The largest absolute Gasteiger partial charge is 0.469 e. The van der Waals surface area contributed by atoms with E-state index in [1.165, 1.54) is 7.11 Å². The molecular weight excluding hydrogens is 364 g/mol. The van der Waals surface area contributed by atoms with Crippen LogP contribution in [0.4, 0.5) is 11.4 Å². The highest BCUT2D eigenvalue weighted by Gasteiger charge is 2.41. The van der Waals surface area contributed by atoms with Crippen LogP contribution in [0.5, 0.6) is 0 Å². The molecule has 0 aliphatic rings. The second-order valence-electron chi connectivity index (χ2n) is 7.15. The lowest BCUT2D eigenvalue weighted by molar-refractivity contribution is -0.151. The molecule has 0 amide bonds. The van der Waals surface area contributed by atoms with Gasteiger partial charge < -0.3 is 20.9 Å². The summed E-state index contributed by atoms with van der Waals surface area (Å²) in [5.41, 5.74) is 10.2. The van der Waals surface area contributed by atoms with Crippen molar-refractivity contribution in [3.63, 3.8) is 0 Å². The maximum Gasteiger partial charge on any atom is 0.312 e. The van der Waals surface area contributed by atoms with Gasteiger partial charge in [0.15, 0.2) is 0 Å². The van der Waals surface area contributed by atoms with Gasteiger partial charge in [0.05, 0.1) is 30.5 Å².